The van der Waals surface area contributed by atoms with E-state index >= 15 is 4.39 Å². The van der Waals surface area contributed by atoms with E-state index in [-0.39, 0.29) is 25.2 Å². The zero-order chi connectivity index (χ0) is 33.0. The SMILES string of the molecule is O=C(NCC1CCOCC1)OC[C@@H]1CO[C@H](CCc2c(F)cncc2N[C@@H](Cc2ccc(F)cc2)C(=O)Nc2ccc(F)cc2)CN1. The number of ether oxygens (including phenoxy) is 3. The topological polar surface area (TPSA) is 123 Å². The quantitative estimate of drug-likeness (QED) is 0.211. The van der Waals surface area contributed by atoms with Gasteiger partial charge in [0.1, 0.15) is 30.1 Å². The number of carbonyl (C=O) groups excluding carboxylic acids is 2. The number of halogens is 3. The maximum Gasteiger partial charge on any atom is 0.407 e. The molecule has 0 radical (unpaired) electrons. The smallest absolute Gasteiger partial charge is 0.407 e. The zero-order valence-electron chi connectivity index (χ0n) is 26.0. The second-order valence-electron chi connectivity index (χ2n) is 11.8. The first-order valence-corrected chi connectivity index (χ1v) is 15.9. The van der Waals surface area contributed by atoms with Crippen molar-refractivity contribution in [3.63, 3.8) is 0 Å². The first kappa shape index (κ1) is 34.1. The molecule has 0 unspecified atom stereocenters. The van der Waals surface area contributed by atoms with Crippen molar-refractivity contribution in [2.75, 3.05) is 50.2 Å². The van der Waals surface area contributed by atoms with Crippen molar-refractivity contribution >= 4 is 23.4 Å². The van der Waals surface area contributed by atoms with E-state index in [4.69, 9.17) is 14.2 Å². The van der Waals surface area contributed by atoms with E-state index in [0.717, 1.165) is 19.0 Å². The van der Waals surface area contributed by atoms with Gasteiger partial charge in [0.15, 0.2) is 0 Å². The molecule has 13 heteroatoms. The van der Waals surface area contributed by atoms with Crippen LogP contribution in [-0.4, -0.2) is 74.7 Å². The van der Waals surface area contributed by atoms with Crippen molar-refractivity contribution in [3.8, 4) is 0 Å². The fourth-order valence-corrected chi connectivity index (χ4v) is 5.53. The molecule has 3 aromatic rings. The van der Waals surface area contributed by atoms with Crippen molar-refractivity contribution in [1.82, 2.24) is 15.6 Å². The summed E-state index contributed by atoms with van der Waals surface area (Å²) in [4.78, 5) is 29.5. The Labute approximate surface area is 271 Å². The van der Waals surface area contributed by atoms with Crippen molar-refractivity contribution in [2.24, 2.45) is 5.92 Å². The minimum absolute atomic E-state index is 0.162. The third-order valence-corrected chi connectivity index (χ3v) is 8.29. The van der Waals surface area contributed by atoms with Crippen molar-refractivity contribution < 1.29 is 37.0 Å². The fourth-order valence-electron chi connectivity index (χ4n) is 5.53. The summed E-state index contributed by atoms with van der Waals surface area (Å²) in [5.41, 5.74) is 1.75. The van der Waals surface area contributed by atoms with E-state index in [1.807, 2.05) is 0 Å². The minimum Gasteiger partial charge on any atom is -0.448 e. The second kappa shape index (κ2) is 17.1. The number of benzene rings is 2. The molecular formula is C34H40F3N5O5. The lowest BCUT2D eigenvalue weighted by atomic mass is 10.0. The molecule has 47 heavy (non-hydrogen) atoms. The molecule has 10 nitrogen and oxygen atoms in total. The number of pyridine rings is 1. The Hall–Kier alpha value is -4.20. The van der Waals surface area contributed by atoms with E-state index in [2.05, 4.69) is 26.3 Å². The van der Waals surface area contributed by atoms with Crippen LogP contribution in [0.3, 0.4) is 0 Å². The van der Waals surface area contributed by atoms with Crippen LogP contribution < -0.4 is 21.3 Å². The van der Waals surface area contributed by atoms with E-state index in [1.165, 1.54) is 42.6 Å². The van der Waals surface area contributed by atoms with Crippen LogP contribution >= 0.6 is 0 Å². The van der Waals surface area contributed by atoms with Crippen LogP contribution in [0.4, 0.5) is 29.3 Å². The second-order valence-corrected chi connectivity index (χ2v) is 11.8. The van der Waals surface area contributed by atoms with Crippen LogP contribution in [0.2, 0.25) is 0 Å². The predicted molar refractivity (Wildman–Crippen MR) is 169 cm³/mol. The van der Waals surface area contributed by atoms with Crippen LogP contribution in [-0.2, 0) is 31.8 Å². The van der Waals surface area contributed by atoms with Crippen LogP contribution in [0.15, 0.2) is 60.9 Å². The van der Waals surface area contributed by atoms with Gasteiger partial charge in [0.05, 0.1) is 36.8 Å². The number of alkyl carbamates (subject to hydrolysis) is 1. The van der Waals surface area contributed by atoms with Gasteiger partial charge in [-0.15, -0.1) is 0 Å². The molecule has 3 atom stereocenters. The summed E-state index contributed by atoms with van der Waals surface area (Å²) in [6.07, 6.45) is 4.68. The number of nitrogens with one attached hydrogen (secondary N) is 4. The van der Waals surface area contributed by atoms with Gasteiger partial charge in [-0.25, -0.2) is 18.0 Å². The number of carbonyl (C=O) groups is 2. The molecule has 4 N–H and O–H groups in total. The Morgan fingerprint density at radius 3 is 2.43 bits per heavy atom. The molecule has 2 aliphatic heterocycles. The normalized spacial score (nSPS) is 19.0. The van der Waals surface area contributed by atoms with Crippen molar-refractivity contribution in [2.45, 2.75) is 50.3 Å². The number of hydrogen-bond donors (Lipinski definition) is 4. The van der Waals surface area contributed by atoms with Gasteiger partial charge >= 0.3 is 6.09 Å². The molecule has 5 rings (SSSR count). The molecule has 0 spiro atoms. The van der Waals surface area contributed by atoms with E-state index < -0.39 is 35.5 Å². The number of nitrogens with zero attached hydrogens (tertiary/aromatic N) is 1. The number of aromatic nitrogens is 1. The van der Waals surface area contributed by atoms with Crippen LogP contribution in [0.25, 0.3) is 0 Å². The number of anilines is 2. The highest BCUT2D eigenvalue weighted by Gasteiger charge is 2.25. The Balaban J connectivity index is 1.14. The highest BCUT2D eigenvalue weighted by molar-refractivity contribution is 5.96. The summed E-state index contributed by atoms with van der Waals surface area (Å²) in [6.45, 7) is 2.96. The van der Waals surface area contributed by atoms with Gasteiger partial charge in [-0.3, -0.25) is 9.78 Å². The Bertz CT molecular complexity index is 1450. The van der Waals surface area contributed by atoms with Gasteiger partial charge in [-0.1, -0.05) is 12.1 Å². The highest BCUT2D eigenvalue weighted by Crippen LogP contribution is 2.24. The molecule has 2 saturated heterocycles. The molecule has 0 saturated carbocycles. The maximum atomic E-state index is 15.1. The van der Waals surface area contributed by atoms with Gasteiger partial charge in [0.25, 0.3) is 0 Å². The fraction of sp³-hybridized carbons (Fsp3) is 0.441. The monoisotopic (exact) mass is 655 g/mol. The molecule has 1 aromatic heterocycles. The molecule has 0 aliphatic carbocycles. The highest BCUT2D eigenvalue weighted by atomic mass is 19.1. The molecule has 2 aliphatic rings. The first-order valence-electron chi connectivity index (χ1n) is 15.9. The molecule has 2 fully saturated rings. The predicted octanol–water partition coefficient (Wildman–Crippen LogP) is 4.60. The van der Waals surface area contributed by atoms with Gasteiger partial charge in [-0.2, -0.15) is 0 Å². The van der Waals surface area contributed by atoms with Crippen LogP contribution in [0.1, 0.15) is 30.4 Å². The molecule has 3 heterocycles. The van der Waals surface area contributed by atoms with Crippen LogP contribution in [0.5, 0.6) is 0 Å². The number of hydrogen-bond acceptors (Lipinski definition) is 8. The third-order valence-electron chi connectivity index (χ3n) is 8.29. The average molecular weight is 656 g/mol. The van der Waals surface area contributed by atoms with E-state index in [1.54, 1.807) is 12.1 Å². The van der Waals surface area contributed by atoms with Crippen molar-refractivity contribution in [3.05, 3.63) is 89.5 Å². The molecule has 0 bridgehead atoms. The summed E-state index contributed by atoms with van der Waals surface area (Å²) in [7, 11) is 0. The van der Waals surface area contributed by atoms with Gasteiger partial charge in [-0.05, 0) is 73.6 Å². The largest absolute Gasteiger partial charge is 0.448 e. The minimum atomic E-state index is -0.893. The summed E-state index contributed by atoms with van der Waals surface area (Å²) >= 11 is 0. The van der Waals surface area contributed by atoms with Crippen molar-refractivity contribution in [1.29, 1.82) is 0 Å². The van der Waals surface area contributed by atoms with E-state index in [0.29, 0.717) is 74.2 Å². The summed E-state index contributed by atoms with van der Waals surface area (Å²) < 4.78 is 58.8. The van der Waals surface area contributed by atoms with Crippen LogP contribution in [0, 0.1) is 23.4 Å². The lowest BCUT2D eigenvalue weighted by Crippen LogP contribution is -2.49. The number of morpholine rings is 1. The van der Waals surface area contributed by atoms with Gasteiger partial charge < -0.3 is 35.5 Å². The molecular weight excluding hydrogens is 615 g/mol. The molecule has 2 aromatic carbocycles. The summed E-state index contributed by atoms with van der Waals surface area (Å²) in [5.74, 6) is -1.42. The summed E-state index contributed by atoms with van der Waals surface area (Å²) in [6, 6.07) is 10.0. The lowest BCUT2D eigenvalue weighted by Gasteiger charge is -2.30. The number of rotatable bonds is 13. The Morgan fingerprint density at radius 2 is 1.72 bits per heavy atom. The molecule has 252 valence electrons. The zero-order valence-corrected chi connectivity index (χ0v) is 26.0. The Kier molecular flexibility index (Phi) is 12.4. The Morgan fingerprint density at radius 1 is 1.00 bits per heavy atom. The third kappa shape index (κ3) is 10.7. The summed E-state index contributed by atoms with van der Waals surface area (Å²) in [5, 5.41) is 12.0. The lowest BCUT2D eigenvalue weighted by molar-refractivity contribution is -0.116. The standard InChI is InChI=1S/C34H40F3N5O5/c35-24-3-1-22(2-4-24)15-31(33(43)41-26-7-5-25(36)6-8-26)42-32-19-38-18-30(37)29(32)10-9-28-17-39-27(20-46-28)21-47-34(44)40-16-23-11-13-45-14-12-23/h1-8,18-19,23,27-28,31,39,42H,9-17,20-21H2,(H,40,44)(H,41,43)/t27-,28+,31-/m0/s1. The maximum absolute atomic E-state index is 15.1. The van der Waals surface area contributed by atoms with Gasteiger partial charge in [0, 0.05) is 44.0 Å². The average Bonchev–Trinajstić information content (AvgIpc) is 3.08. The number of amides is 2. The van der Waals surface area contributed by atoms with E-state index in [9.17, 15) is 18.4 Å². The van der Waals surface area contributed by atoms with Gasteiger partial charge in [0.2, 0.25) is 5.91 Å². The molecule has 2 amide bonds. The first-order chi connectivity index (χ1) is 22.8.